The van der Waals surface area contributed by atoms with Crippen LogP contribution >= 0.6 is 0 Å². The highest BCUT2D eigenvalue weighted by atomic mass is 16.5. The Morgan fingerprint density at radius 2 is 2.39 bits per heavy atom. The van der Waals surface area contributed by atoms with E-state index in [1.807, 2.05) is 19.1 Å². The summed E-state index contributed by atoms with van der Waals surface area (Å²) in [5.41, 5.74) is 1.64. The summed E-state index contributed by atoms with van der Waals surface area (Å²) in [7, 11) is 1.27. The van der Waals surface area contributed by atoms with Crippen LogP contribution in [-0.4, -0.2) is 45.4 Å². The molecule has 96 valence electrons. The van der Waals surface area contributed by atoms with E-state index in [1.54, 1.807) is 4.52 Å². The molecule has 0 amide bonds. The van der Waals surface area contributed by atoms with Gasteiger partial charge in [0.05, 0.1) is 13.7 Å². The summed E-state index contributed by atoms with van der Waals surface area (Å²) in [5, 5.41) is 16.1. The van der Waals surface area contributed by atoms with E-state index in [0.717, 1.165) is 5.56 Å². The van der Waals surface area contributed by atoms with Gasteiger partial charge in [0.2, 0.25) is 0 Å². The second-order valence-electron chi connectivity index (χ2n) is 3.85. The number of carbonyl (C=O) groups excluding carboxylic acids is 1. The molecule has 0 saturated carbocycles. The van der Waals surface area contributed by atoms with E-state index in [2.05, 4.69) is 20.1 Å². The highest BCUT2D eigenvalue weighted by molar-refractivity contribution is 5.79. The van der Waals surface area contributed by atoms with Crippen LogP contribution in [-0.2, 0) is 9.53 Å². The number of aromatic nitrogens is 3. The molecular weight excluding hydrogens is 236 g/mol. The van der Waals surface area contributed by atoms with Gasteiger partial charge in [0.25, 0.3) is 0 Å². The van der Waals surface area contributed by atoms with Crippen molar-refractivity contribution in [1.82, 2.24) is 14.6 Å². The molecule has 2 aromatic rings. The minimum atomic E-state index is -0.829. The first-order valence-corrected chi connectivity index (χ1v) is 5.41. The maximum Gasteiger partial charge on any atom is 0.330 e. The van der Waals surface area contributed by atoms with Crippen molar-refractivity contribution in [2.75, 3.05) is 19.0 Å². The number of nitrogens with one attached hydrogen (secondary N) is 1. The Morgan fingerprint density at radius 1 is 1.61 bits per heavy atom. The number of aryl methyl sites for hydroxylation is 1. The number of fused-ring (bicyclic) bond motifs is 1. The molecule has 0 radical (unpaired) electrons. The largest absolute Gasteiger partial charge is 0.467 e. The lowest BCUT2D eigenvalue weighted by atomic mass is 10.2. The van der Waals surface area contributed by atoms with Gasteiger partial charge in [-0.3, -0.25) is 0 Å². The number of hydrogen-bond donors (Lipinski definition) is 2. The van der Waals surface area contributed by atoms with Crippen LogP contribution in [0.15, 0.2) is 18.5 Å². The Labute approximate surface area is 103 Å². The van der Waals surface area contributed by atoms with Gasteiger partial charge in [-0.15, -0.1) is 0 Å². The van der Waals surface area contributed by atoms with E-state index in [4.69, 9.17) is 0 Å². The summed E-state index contributed by atoms with van der Waals surface area (Å²) in [4.78, 5) is 15.5. The molecule has 18 heavy (non-hydrogen) atoms. The third kappa shape index (κ3) is 2.25. The third-order valence-corrected chi connectivity index (χ3v) is 2.51. The smallest absolute Gasteiger partial charge is 0.330 e. The monoisotopic (exact) mass is 250 g/mol. The Balaban J connectivity index is 2.35. The minimum absolute atomic E-state index is 0.364. The zero-order valence-corrected chi connectivity index (χ0v) is 10.1. The molecule has 1 unspecified atom stereocenters. The zero-order valence-electron chi connectivity index (χ0n) is 10.1. The molecule has 2 aromatic heterocycles. The van der Waals surface area contributed by atoms with E-state index in [-0.39, 0.29) is 6.61 Å². The highest BCUT2D eigenvalue weighted by Gasteiger charge is 2.19. The number of hydrogen-bond acceptors (Lipinski definition) is 6. The lowest BCUT2D eigenvalue weighted by molar-refractivity contribution is -0.142. The van der Waals surface area contributed by atoms with Gasteiger partial charge in [0.1, 0.15) is 18.2 Å². The second-order valence-corrected chi connectivity index (χ2v) is 3.85. The van der Waals surface area contributed by atoms with Crippen LogP contribution in [0.5, 0.6) is 0 Å². The van der Waals surface area contributed by atoms with Crippen LogP contribution < -0.4 is 5.32 Å². The molecule has 1 atom stereocenters. The van der Waals surface area contributed by atoms with Crippen molar-refractivity contribution in [2.45, 2.75) is 13.0 Å². The molecule has 2 rings (SSSR count). The number of rotatable bonds is 4. The molecule has 0 aliphatic heterocycles. The summed E-state index contributed by atoms with van der Waals surface area (Å²) in [6, 6.07) is 2.85. The molecule has 0 bridgehead atoms. The summed E-state index contributed by atoms with van der Waals surface area (Å²) in [6.07, 6.45) is 1.42. The van der Waals surface area contributed by atoms with E-state index in [9.17, 15) is 9.90 Å². The number of carbonyl (C=O) groups is 1. The molecule has 2 N–H and O–H groups in total. The van der Waals surface area contributed by atoms with Crippen molar-refractivity contribution in [3.05, 3.63) is 24.0 Å². The standard InChI is InChI=1S/C11H14N4O3/c1-7-3-9-12-6-13-15(9)10(4-7)14-8(5-16)11(17)18-2/h3-4,6,8,14,16H,5H2,1-2H3. The molecule has 0 aliphatic rings. The highest BCUT2D eigenvalue weighted by Crippen LogP contribution is 2.14. The van der Waals surface area contributed by atoms with Crippen LogP contribution in [0.25, 0.3) is 5.65 Å². The molecule has 0 aliphatic carbocycles. The molecule has 7 heteroatoms. The van der Waals surface area contributed by atoms with Crippen LogP contribution in [0.4, 0.5) is 5.82 Å². The number of methoxy groups -OCH3 is 1. The van der Waals surface area contributed by atoms with E-state index >= 15 is 0 Å². The van der Waals surface area contributed by atoms with Crippen LogP contribution in [0, 0.1) is 6.92 Å². The van der Waals surface area contributed by atoms with Gasteiger partial charge in [-0.25, -0.2) is 9.78 Å². The molecule has 0 aromatic carbocycles. The number of esters is 1. The Kier molecular flexibility index (Phi) is 3.42. The second kappa shape index (κ2) is 5.01. The van der Waals surface area contributed by atoms with Crippen molar-refractivity contribution in [3.8, 4) is 0 Å². The fourth-order valence-corrected chi connectivity index (χ4v) is 1.66. The first kappa shape index (κ1) is 12.3. The van der Waals surface area contributed by atoms with E-state index < -0.39 is 12.0 Å². The molecule has 0 fully saturated rings. The van der Waals surface area contributed by atoms with Gasteiger partial charge >= 0.3 is 5.97 Å². The Bertz CT molecular complexity index is 566. The Morgan fingerprint density at radius 3 is 3.06 bits per heavy atom. The van der Waals surface area contributed by atoms with Crippen LogP contribution in [0.2, 0.25) is 0 Å². The van der Waals surface area contributed by atoms with E-state index in [0.29, 0.717) is 11.5 Å². The maximum atomic E-state index is 11.4. The fourth-order valence-electron chi connectivity index (χ4n) is 1.66. The van der Waals surface area contributed by atoms with Crippen molar-refractivity contribution in [2.24, 2.45) is 0 Å². The van der Waals surface area contributed by atoms with Gasteiger partial charge in [0.15, 0.2) is 5.65 Å². The average molecular weight is 250 g/mol. The zero-order chi connectivity index (χ0) is 13.1. The first-order valence-electron chi connectivity index (χ1n) is 5.41. The number of nitrogens with zero attached hydrogens (tertiary/aromatic N) is 3. The summed E-state index contributed by atoms with van der Waals surface area (Å²) >= 11 is 0. The summed E-state index contributed by atoms with van der Waals surface area (Å²) in [5.74, 6) is 0.0409. The number of anilines is 1. The fraction of sp³-hybridized carbons (Fsp3) is 0.364. The van der Waals surface area contributed by atoms with Crippen molar-refractivity contribution in [1.29, 1.82) is 0 Å². The van der Waals surface area contributed by atoms with Crippen LogP contribution in [0.1, 0.15) is 5.56 Å². The van der Waals surface area contributed by atoms with Gasteiger partial charge < -0.3 is 15.2 Å². The summed E-state index contributed by atoms with van der Waals surface area (Å²) in [6.45, 7) is 1.54. The number of pyridine rings is 1. The topological polar surface area (TPSA) is 88.8 Å². The van der Waals surface area contributed by atoms with Gasteiger partial charge in [-0.1, -0.05) is 0 Å². The molecule has 2 heterocycles. The lowest BCUT2D eigenvalue weighted by Gasteiger charge is -2.16. The molecule has 7 nitrogen and oxygen atoms in total. The number of aliphatic hydroxyl groups excluding tert-OH is 1. The van der Waals surface area contributed by atoms with Gasteiger partial charge in [-0.2, -0.15) is 9.61 Å². The average Bonchev–Trinajstić information content (AvgIpc) is 2.82. The van der Waals surface area contributed by atoms with Crippen molar-refractivity contribution in [3.63, 3.8) is 0 Å². The SMILES string of the molecule is COC(=O)C(CO)Nc1cc(C)cc2ncnn12. The predicted octanol–water partition coefficient (Wildman–Crippen LogP) is -0.0165. The maximum absolute atomic E-state index is 11.4. The minimum Gasteiger partial charge on any atom is -0.467 e. The van der Waals surface area contributed by atoms with Gasteiger partial charge in [-0.05, 0) is 24.6 Å². The third-order valence-electron chi connectivity index (χ3n) is 2.51. The lowest BCUT2D eigenvalue weighted by Crippen LogP contribution is -2.34. The first-order chi connectivity index (χ1) is 8.65. The van der Waals surface area contributed by atoms with Crippen molar-refractivity contribution >= 4 is 17.4 Å². The Hall–Kier alpha value is -2.15. The summed E-state index contributed by atoms with van der Waals surface area (Å²) < 4.78 is 6.15. The van der Waals surface area contributed by atoms with Crippen LogP contribution in [0.3, 0.4) is 0 Å². The van der Waals surface area contributed by atoms with E-state index in [1.165, 1.54) is 13.4 Å². The van der Waals surface area contributed by atoms with Crippen molar-refractivity contribution < 1.29 is 14.6 Å². The number of aliphatic hydroxyl groups is 1. The van der Waals surface area contributed by atoms with Gasteiger partial charge in [0, 0.05) is 0 Å². The molecule has 0 spiro atoms. The molecular formula is C11H14N4O3. The predicted molar refractivity (Wildman–Crippen MR) is 64.2 cm³/mol. The number of ether oxygens (including phenoxy) is 1. The normalized spacial score (nSPS) is 12.4. The molecule has 0 saturated heterocycles. The quantitative estimate of drug-likeness (QED) is 0.741.